The molecular weight excluding hydrogens is 334 g/mol. The maximum absolute atomic E-state index is 12.4. The minimum absolute atomic E-state index is 0.135. The van der Waals surface area contributed by atoms with E-state index < -0.39 is 12.1 Å². The predicted molar refractivity (Wildman–Crippen MR) is 98.3 cm³/mol. The highest BCUT2D eigenvalue weighted by atomic mass is 16.6. The maximum atomic E-state index is 12.4. The Balaban J connectivity index is 1.80. The van der Waals surface area contributed by atoms with Gasteiger partial charge in [-0.05, 0) is 51.0 Å². The molecule has 0 spiro atoms. The Kier molecular flexibility index (Phi) is 7.75. The van der Waals surface area contributed by atoms with E-state index in [1.807, 2.05) is 11.8 Å². The number of hydrogen-bond acceptors (Lipinski definition) is 5. The molecule has 1 amide bonds. The van der Waals surface area contributed by atoms with Crippen molar-refractivity contribution in [2.45, 2.75) is 58.1 Å². The third kappa shape index (κ3) is 5.64. The highest BCUT2D eigenvalue weighted by molar-refractivity contribution is 5.82. The lowest BCUT2D eigenvalue weighted by Crippen LogP contribution is -2.43. The molecule has 1 aromatic carbocycles. The van der Waals surface area contributed by atoms with Gasteiger partial charge in [0.2, 0.25) is 0 Å². The van der Waals surface area contributed by atoms with E-state index in [1.165, 1.54) is 6.42 Å². The third-order valence-electron chi connectivity index (χ3n) is 4.72. The molecule has 144 valence electrons. The molecule has 6 nitrogen and oxygen atoms in total. The van der Waals surface area contributed by atoms with E-state index in [0.29, 0.717) is 18.0 Å². The van der Waals surface area contributed by atoms with Crippen molar-refractivity contribution in [3.8, 4) is 11.5 Å². The smallest absolute Gasteiger partial charge is 0.347 e. The van der Waals surface area contributed by atoms with Gasteiger partial charge in [-0.15, -0.1) is 0 Å². The molecule has 1 atom stereocenters. The van der Waals surface area contributed by atoms with Crippen LogP contribution >= 0.6 is 0 Å². The van der Waals surface area contributed by atoms with Crippen LogP contribution in [0.4, 0.5) is 0 Å². The van der Waals surface area contributed by atoms with E-state index in [9.17, 15) is 9.59 Å². The Morgan fingerprint density at radius 2 is 1.73 bits per heavy atom. The second kappa shape index (κ2) is 10.0. The summed E-state index contributed by atoms with van der Waals surface area (Å²) in [6.45, 7) is 3.97. The summed E-state index contributed by atoms with van der Waals surface area (Å²) < 4.78 is 15.8. The zero-order valence-corrected chi connectivity index (χ0v) is 15.9. The molecule has 0 heterocycles. The molecule has 0 N–H and O–H groups in total. The van der Waals surface area contributed by atoms with Crippen molar-refractivity contribution in [3.05, 3.63) is 24.3 Å². The zero-order chi connectivity index (χ0) is 18.9. The topological polar surface area (TPSA) is 65.1 Å². The largest absolute Gasteiger partial charge is 0.497 e. The minimum Gasteiger partial charge on any atom is -0.497 e. The fourth-order valence-electron chi connectivity index (χ4n) is 3.27. The first-order valence-electron chi connectivity index (χ1n) is 9.32. The molecule has 2 rings (SSSR count). The van der Waals surface area contributed by atoms with Crippen molar-refractivity contribution in [1.29, 1.82) is 0 Å². The summed E-state index contributed by atoms with van der Waals surface area (Å²) >= 11 is 0. The van der Waals surface area contributed by atoms with Crippen molar-refractivity contribution < 1.29 is 23.8 Å². The van der Waals surface area contributed by atoms with Gasteiger partial charge in [-0.3, -0.25) is 4.79 Å². The maximum Gasteiger partial charge on any atom is 0.347 e. The van der Waals surface area contributed by atoms with Crippen LogP contribution in [0.15, 0.2) is 24.3 Å². The van der Waals surface area contributed by atoms with Gasteiger partial charge < -0.3 is 19.1 Å². The number of nitrogens with zero attached hydrogens (tertiary/aromatic N) is 1. The number of carbonyl (C=O) groups is 2. The van der Waals surface area contributed by atoms with Crippen molar-refractivity contribution in [3.63, 3.8) is 0 Å². The fraction of sp³-hybridized carbons (Fsp3) is 0.600. The molecule has 0 aromatic heterocycles. The molecule has 0 bridgehead atoms. The molecule has 0 aliphatic heterocycles. The number of esters is 1. The molecule has 1 saturated carbocycles. The van der Waals surface area contributed by atoms with Crippen molar-refractivity contribution in [2.75, 3.05) is 20.3 Å². The Labute approximate surface area is 155 Å². The van der Waals surface area contributed by atoms with Crippen molar-refractivity contribution in [2.24, 2.45) is 0 Å². The van der Waals surface area contributed by atoms with Crippen LogP contribution in [0, 0.1) is 0 Å². The van der Waals surface area contributed by atoms with E-state index in [2.05, 4.69) is 0 Å². The molecule has 6 heteroatoms. The number of amides is 1. The Morgan fingerprint density at radius 3 is 2.31 bits per heavy atom. The van der Waals surface area contributed by atoms with Gasteiger partial charge in [-0.2, -0.15) is 0 Å². The lowest BCUT2D eigenvalue weighted by molar-refractivity contribution is -0.158. The van der Waals surface area contributed by atoms with Crippen molar-refractivity contribution >= 4 is 11.9 Å². The van der Waals surface area contributed by atoms with Gasteiger partial charge in [0.25, 0.3) is 5.91 Å². The van der Waals surface area contributed by atoms with Crippen LogP contribution in [0.25, 0.3) is 0 Å². The van der Waals surface area contributed by atoms with Gasteiger partial charge in [0, 0.05) is 12.6 Å². The van der Waals surface area contributed by atoms with Crippen LogP contribution in [0.5, 0.6) is 11.5 Å². The predicted octanol–water partition coefficient (Wildman–Crippen LogP) is 3.19. The Hall–Kier alpha value is -2.24. The number of methoxy groups -OCH3 is 1. The van der Waals surface area contributed by atoms with E-state index in [1.54, 1.807) is 38.3 Å². The molecule has 0 radical (unpaired) electrons. The van der Waals surface area contributed by atoms with Gasteiger partial charge in [0.05, 0.1) is 7.11 Å². The summed E-state index contributed by atoms with van der Waals surface area (Å²) in [6, 6.07) is 7.21. The Bertz CT molecular complexity index is 580. The molecule has 0 saturated heterocycles. The number of benzene rings is 1. The molecule has 1 aliphatic carbocycles. The minimum atomic E-state index is -0.791. The number of rotatable bonds is 8. The van der Waals surface area contributed by atoms with E-state index in [-0.39, 0.29) is 18.6 Å². The zero-order valence-electron chi connectivity index (χ0n) is 15.9. The second-order valence-corrected chi connectivity index (χ2v) is 6.51. The van der Waals surface area contributed by atoms with Gasteiger partial charge in [-0.1, -0.05) is 19.3 Å². The first kappa shape index (κ1) is 20.1. The summed E-state index contributed by atoms with van der Waals surface area (Å²) in [5.41, 5.74) is 0. The number of hydrogen-bond donors (Lipinski definition) is 0. The summed E-state index contributed by atoms with van der Waals surface area (Å²) in [4.78, 5) is 26.4. The third-order valence-corrected chi connectivity index (χ3v) is 4.72. The number of likely N-dealkylation sites (N-methyl/N-ethyl adjacent to an activating group) is 1. The lowest BCUT2D eigenvalue weighted by atomic mass is 9.94. The highest BCUT2D eigenvalue weighted by Gasteiger charge is 2.25. The number of carbonyl (C=O) groups excluding carboxylic acids is 2. The van der Waals surface area contributed by atoms with Crippen LogP contribution in [0.1, 0.15) is 46.0 Å². The van der Waals surface area contributed by atoms with E-state index in [4.69, 9.17) is 14.2 Å². The number of ether oxygens (including phenoxy) is 3. The molecular formula is C20H29NO5. The molecule has 1 aliphatic rings. The first-order valence-corrected chi connectivity index (χ1v) is 9.32. The second-order valence-electron chi connectivity index (χ2n) is 6.51. The summed E-state index contributed by atoms with van der Waals surface area (Å²) in [6.07, 6.45) is 4.81. The van der Waals surface area contributed by atoms with Gasteiger partial charge in [0.15, 0.2) is 12.7 Å². The average Bonchev–Trinajstić information content (AvgIpc) is 2.68. The monoisotopic (exact) mass is 363 g/mol. The Morgan fingerprint density at radius 1 is 1.12 bits per heavy atom. The van der Waals surface area contributed by atoms with E-state index >= 15 is 0 Å². The van der Waals surface area contributed by atoms with Crippen LogP contribution in [-0.2, 0) is 14.3 Å². The van der Waals surface area contributed by atoms with Crippen LogP contribution in [0.2, 0.25) is 0 Å². The van der Waals surface area contributed by atoms with Gasteiger partial charge in [0.1, 0.15) is 11.5 Å². The normalized spacial score (nSPS) is 15.8. The summed E-state index contributed by atoms with van der Waals surface area (Å²) in [5.74, 6) is 0.567. The average molecular weight is 363 g/mol. The van der Waals surface area contributed by atoms with Crippen LogP contribution in [0.3, 0.4) is 0 Å². The lowest BCUT2D eigenvalue weighted by Gasteiger charge is -2.33. The molecule has 1 unspecified atom stereocenters. The molecule has 26 heavy (non-hydrogen) atoms. The summed E-state index contributed by atoms with van der Waals surface area (Å²) in [7, 11) is 1.58. The molecule has 1 fully saturated rings. The highest BCUT2D eigenvalue weighted by Crippen LogP contribution is 2.22. The summed E-state index contributed by atoms with van der Waals surface area (Å²) in [5, 5.41) is 0. The van der Waals surface area contributed by atoms with Crippen LogP contribution in [-0.4, -0.2) is 49.2 Å². The van der Waals surface area contributed by atoms with Gasteiger partial charge in [-0.25, -0.2) is 4.79 Å². The van der Waals surface area contributed by atoms with E-state index in [0.717, 1.165) is 25.7 Å². The quantitative estimate of drug-likeness (QED) is 0.664. The standard InChI is InChI=1S/C20H29NO5/c1-4-21(16-8-6-5-7-9-16)19(22)14-25-20(23)15(2)26-18-12-10-17(24-3)11-13-18/h10-13,15-16H,4-9,14H2,1-3H3. The fourth-order valence-corrected chi connectivity index (χ4v) is 3.27. The van der Waals surface area contributed by atoms with Crippen LogP contribution < -0.4 is 9.47 Å². The SMILES string of the molecule is CCN(C(=O)COC(=O)C(C)Oc1ccc(OC)cc1)C1CCCCC1. The molecule has 1 aromatic rings. The first-order chi connectivity index (χ1) is 12.5. The van der Waals surface area contributed by atoms with Crippen molar-refractivity contribution in [1.82, 2.24) is 4.90 Å². The van der Waals surface area contributed by atoms with Gasteiger partial charge >= 0.3 is 5.97 Å².